The van der Waals surface area contributed by atoms with Crippen molar-refractivity contribution < 1.29 is 5.11 Å². The van der Waals surface area contributed by atoms with Crippen LogP contribution >= 0.6 is 0 Å². The van der Waals surface area contributed by atoms with E-state index < -0.39 is 18.4 Å². The molecule has 1 unspecified atom stereocenters. The van der Waals surface area contributed by atoms with Crippen LogP contribution in [0.15, 0.2) is 36.4 Å². The van der Waals surface area contributed by atoms with Gasteiger partial charge in [-0.1, -0.05) is 0 Å². The van der Waals surface area contributed by atoms with E-state index in [1.165, 1.54) is 89.5 Å². The number of rotatable bonds is 13. The average molecular weight is 505 g/mol. The van der Waals surface area contributed by atoms with Gasteiger partial charge >= 0.3 is 186 Å². The second kappa shape index (κ2) is 13.9. The fourth-order valence-electron chi connectivity index (χ4n) is 5.30. The summed E-state index contributed by atoms with van der Waals surface area (Å²) in [5.74, 6) is 0.481. The van der Waals surface area contributed by atoms with Gasteiger partial charge in [-0.15, -0.1) is 0 Å². The van der Waals surface area contributed by atoms with Crippen molar-refractivity contribution in [3.05, 3.63) is 42.0 Å². The normalized spacial score (nSPS) is 17.4. The van der Waals surface area contributed by atoms with Gasteiger partial charge in [0.15, 0.2) is 0 Å². The monoisotopic (exact) mass is 506 g/mol. The predicted octanol–water partition coefficient (Wildman–Crippen LogP) is 8.40. The Kier molecular flexibility index (Phi) is 12.0. The van der Waals surface area contributed by atoms with Crippen molar-refractivity contribution in [2.45, 2.75) is 111 Å². The van der Waals surface area contributed by atoms with Gasteiger partial charge in [-0.3, -0.25) is 0 Å². The molecule has 1 aliphatic carbocycles. The van der Waals surface area contributed by atoms with E-state index in [1.54, 1.807) is 3.59 Å². The maximum atomic E-state index is 11.3. The van der Waals surface area contributed by atoms with E-state index in [0.717, 1.165) is 0 Å². The second-order valence-electron chi connectivity index (χ2n) is 9.43. The Hall–Kier alpha value is -0.281. The summed E-state index contributed by atoms with van der Waals surface area (Å²) in [5, 5.41) is 11.3. The minimum atomic E-state index is -2.61. The van der Waals surface area contributed by atoms with E-state index in [2.05, 4.69) is 57.2 Å². The average Bonchev–Trinajstić information content (AvgIpc) is 2.78. The molecule has 0 amide bonds. The van der Waals surface area contributed by atoms with E-state index in [0.29, 0.717) is 5.92 Å². The molecule has 1 aliphatic rings. The molecule has 1 aromatic carbocycles. The van der Waals surface area contributed by atoms with Crippen molar-refractivity contribution >= 4 is 22.0 Å². The molecule has 0 spiro atoms. The molecule has 1 nitrogen and oxygen atoms in total. The first-order valence-electron chi connectivity index (χ1n) is 12.6. The van der Waals surface area contributed by atoms with Crippen molar-refractivity contribution in [1.82, 2.24) is 0 Å². The topological polar surface area (TPSA) is 20.2 Å². The first-order valence-corrected chi connectivity index (χ1v) is 20.1. The molecule has 29 heavy (non-hydrogen) atoms. The van der Waals surface area contributed by atoms with Gasteiger partial charge in [-0.2, -0.15) is 0 Å². The molecule has 0 aliphatic heterocycles. The van der Waals surface area contributed by atoms with E-state index >= 15 is 0 Å². The Labute approximate surface area is 185 Å². The number of aliphatic hydroxyl groups excluding tert-OH is 1. The van der Waals surface area contributed by atoms with Gasteiger partial charge in [0.2, 0.25) is 0 Å². The van der Waals surface area contributed by atoms with E-state index in [4.69, 9.17) is 0 Å². The fourth-order valence-corrected chi connectivity index (χ4v) is 22.3. The summed E-state index contributed by atoms with van der Waals surface area (Å²) in [5.41, 5.74) is 1.43. The molecule has 1 aromatic rings. The minimum absolute atomic E-state index is 0.244. The maximum absolute atomic E-state index is 11.3. The van der Waals surface area contributed by atoms with E-state index in [9.17, 15) is 5.11 Å². The molecule has 2 heteroatoms. The molecule has 0 radical (unpaired) electrons. The molecule has 1 saturated carbocycles. The zero-order valence-electron chi connectivity index (χ0n) is 19.5. The van der Waals surface area contributed by atoms with Crippen molar-refractivity contribution in [2.24, 2.45) is 5.92 Å². The van der Waals surface area contributed by atoms with Gasteiger partial charge in [0.1, 0.15) is 0 Å². The van der Waals surface area contributed by atoms with Crippen molar-refractivity contribution in [3.8, 4) is 0 Å². The summed E-state index contributed by atoms with van der Waals surface area (Å²) < 4.78 is 6.05. The molecule has 1 atom stereocenters. The molecule has 1 N–H and O–H groups in total. The third-order valence-corrected chi connectivity index (χ3v) is 22.9. The number of unbranched alkanes of at least 4 members (excludes halogenated alkanes) is 3. The van der Waals surface area contributed by atoms with Crippen molar-refractivity contribution in [3.63, 3.8) is 0 Å². The fraction of sp³-hybridized carbons (Fsp3) is 0.704. The molecular weight excluding hydrogens is 459 g/mol. The molecule has 1 fully saturated rings. The van der Waals surface area contributed by atoms with Gasteiger partial charge in [0.25, 0.3) is 0 Å². The predicted molar refractivity (Wildman–Crippen MR) is 132 cm³/mol. The van der Waals surface area contributed by atoms with E-state index in [-0.39, 0.29) is 6.10 Å². The SMILES string of the molecule is CCC[CH2][Sn]([CH2]CCC)([CH2]CCC)/[C](=C/C(O)C1CCCCC1)c1ccccc1. The Morgan fingerprint density at radius 3 is 1.90 bits per heavy atom. The van der Waals surface area contributed by atoms with Crippen LogP contribution in [0.3, 0.4) is 0 Å². The third kappa shape index (κ3) is 7.72. The first kappa shape index (κ1) is 25.0. The van der Waals surface area contributed by atoms with Crippen LogP contribution in [-0.4, -0.2) is 29.6 Å². The first-order chi connectivity index (χ1) is 14.2. The van der Waals surface area contributed by atoms with Crippen LogP contribution in [0.5, 0.6) is 0 Å². The van der Waals surface area contributed by atoms with Crippen LogP contribution < -0.4 is 0 Å². The van der Waals surface area contributed by atoms with Crippen LogP contribution in [0.2, 0.25) is 13.3 Å². The number of hydrogen-bond donors (Lipinski definition) is 1. The quantitative estimate of drug-likeness (QED) is 0.267. The summed E-state index contributed by atoms with van der Waals surface area (Å²) in [7, 11) is 0. The summed E-state index contributed by atoms with van der Waals surface area (Å²) in [6.45, 7) is 7.04. The standard InChI is InChI=1S/C15H19O.3C4H9.Sn/c16-15(14-9-5-2-6-10-14)12-11-13-7-3-1-4-8-13;3*1-3-4-2;/h1,3-4,7-8,12,14-16H,2,5-6,9-10H2;3*1,3-4H2,2H3;. The Bertz CT molecular complexity index is 552. The van der Waals surface area contributed by atoms with Gasteiger partial charge in [-0.25, -0.2) is 0 Å². The summed E-state index contributed by atoms with van der Waals surface area (Å²) in [4.78, 5) is 0. The van der Waals surface area contributed by atoms with Crippen LogP contribution in [0, 0.1) is 5.92 Å². The summed E-state index contributed by atoms with van der Waals surface area (Å²) in [6.07, 6.45) is 16.5. The van der Waals surface area contributed by atoms with Crippen molar-refractivity contribution in [1.29, 1.82) is 0 Å². The zero-order chi connectivity index (χ0) is 21.0. The number of aliphatic hydroxyl groups is 1. The van der Waals surface area contributed by atoms with Gasteiger partial charge in [-0.05, 0) is 0 Å². The Morgan fingerprint density at radius 1 is 0.897 bits per heavy atom. The number of hydrogen-bond acceptors (Lipinski definition) is 1. The Balaban J connectivity index is 2.47. The molecule has 164 valence electrons. The third-order valence-electron chi connectivity index (χ3n) is 7.15. The molecule has 2 rings (SSSR count). The summed E-state index contributed by atoms with van der Waals surface area (Å²) >= 11 is -2.61. The van der Waals surface area contributed by atoms with Gasteiger partial charge in [0, 0.05) is 0 Å². The van der Waals surface area contributed by atoms with Crippen LogP contribution in [0.4, 0.5) is 0 Å². The van der Waals surface area contributed by atoms with Crippen LogP contribution in [0.25, 0.3) is 3.59 Å². The Morgan fingerprint density at radius 2 is 1.41 bits per heavy atom. The second-order valence-corrected chi connectivity index (χ2v) is 22.6. The molecule has 0 heterocycles. The van der Waals surface area contributed by atoms with Crippen molar-refractivity contribution in [2.75, 3.05) is 0 Å². The van der Waals surface area contributed by atoms with Crippen LogP contribution in [0.1, 0.15) is 97.0 Å². The summed E-state index contributed by atoms with van der Waals surface area (Å²) in [6, 6.07) is 11.2. The van der Waals surface area contributed by atoms with Gasteiger partial charge < -0.3 is 0 Å². The molecular formula is C27H46OSn. The molecule has 0 saturated heterocycles. The van der Waals surface area contributed by atoms with Crippen LogP contribution in [-0.2, 0) is 0 Å². The van der Waals surface area contributed by atoms with E-state index in [1.807, 2.05) is 0 Å². The molecule has 0 aromatic heterocycles. The van der Waals surface area contributed by atoms with Gasteiger partial charge in [0.05, 0.1) is 0 Å². The zero-order valence-corrected chi connectivity index (χ0v) is 22.3. The number of benzene rings is 1. The molecule has 0 bridgehead atoms.